The van der Waals surface area contributed by atoms with Crippen molar-refractivity contribution in [2.75, 3.05) is 6.54 Å². The molecule has 8 heteroatoms. The first-order valence-electron chi connectivity index (χ1n) is 9.03. The number of nitrogens with zero attached hydrogens (tertiary/aromatic N) is 1. The predicted octanol–water partition coefficient (Wildman–Crippen LogP) is 3.68. The molecular weight excluding hydrogens is 432 g/mol. The number of rotatable bonds is 7. The summed E-state index contributed by atoms with van der Waals surface area (Å²) < 4.78 is 33.8. The van der Waals surface area contributed by atoms with Crippen molar-refractivity contribution in [3.8, 4) is 0 Å². The van der Waals surface area contributed by atoms with Crippen molar-refractivity contribution in [1.82, 2.24) is 9.62 Å². The van der Waals surface area contributed by atoms with E-state index < -0.39 is 10.0 Å². The van der Waals surface area contributed by atoms with Crippen LogP contribution in [0.25, 0.3) is 0 Å². The second-order valence-electron chi connectivity index (χ2n) is 6.65. The van der Waals surface area contributed by atoms with E-state index >= 15 is 0 Å². The Bertz CT molecular complexity index is 844. The van der Waals surface area contributed by atoms with Crippen molar-refractivity contribution < 1.29 is 17.6 Å². The highest BCUT2D eigenvalue weighted by Crippen LogP contribution is 2.28. The van der Waals surface area contributed by atoms with Gasteiger partial charge in [-0.1, -0.05) is 35.2 Å². The maximum absolute atomic E-state index is 13.2. The van der Waals surface area contributed by atoms with Crippen LogP contribution in [0.2, 0.25) is 0 Å². The molecule has 146 valence electrons. The molecule has 0 radical (unpaired) electrons. The van der Waals surface area contributed by atoms with Gasteiger partial charge in [0.1, 0.15) is 5.76 Å². The number of hydrogen-bond donors (Lipinski definition) is 1. The molecule has 1 aliphatic rings. The average Bonchev–Trinajstić information content (AvgIpc) is 3.19. The Labute approximate surface area is 168 Å². The van der Waals surface area contributed by atoms with Gasteiger partial charge in [-0.15, -0.1) is 0 Å². The lowest BCUT2D eigenvalue weighted by Crippen LogP contribution is -2.46. The number of hydrogen-bond acceptors (Lipinski definition) is 4. The van der Waals surface area contributed by atoms with E-state index in [0.717, 1.165) is 36.6 Å². The van der Waals surface area contributed by atoms with E-state index in [9.17, 15) is 13.2 Å². The van der Waals surface area contributed by atoms with Gasteiger partial charge in [-0.05, 0) is 49.2 Å². The third-order valence-corrected chi connectivity index (χ3v) is 7.18. The summed E-state index contributed by atoms with van der Waals surface area (Å²) in [6.07, 6.45) is 6.15. The van der Waals surface area contributed by atoms with Crippen LogP contribution in [0.3, 0.4) is 0 Å². The topological polar surface area (TPSA) is 79.6 Å². The number of benzene rings is 1. The molecule has 2 aromatic rings. The number of amides is 1. The summed E-state index contributed by atoms with van der Waals surface area (Å²) >= 11 is 3.32. The van der Waals surface area contributed by atoms with Gasteiger partial charge < -0.3 is 9.73 Å². The molecule has 0 spiro atoms. The summed E-state index contributed by atoms with van der Waals surface area (Å²) in [5.41, 5.74) is 0. The highest BCUT2D eigenvalue weighted by molar-refractivity contribution is 9.10. The van der Waals surface area contributed by atoms with Crippen LogP contribution < -0.4 is 5.32 Å². The third-order valence-electron chi connectivity index (χ3n) is 4.74. The van der Waals surface area contributed by atoms with E-state index in [-0.39, 0.29) is 29.9 Å². The minimum atomic E-state index is -3.76. The molecule has 1 aromatic heterocycles. The SMILES string of the molecule is O=C(CN(C1CCCCC1)S(=O)(=O)c1ccc(Br)cc1)NCc1ccco1. The molecule has 0 saturated heterocycles. The number of nitrogens with one attached hydrogen (secondary N) is 1. The van der Waals surface area contributed by atoms with Gasteiger partial charge in [-0.3, -0.25) is 4.79 Å². The Morgan fingerprint density at radius 1 is 1.15 bits per heavy atom. The molecular formula is C19H23BrN2O4S. The van der Waals surface area contributed by atoms with Crippen LogP contribution in [-0.4, -0.2) is 31.2 Å². The lowest BCUT2D eigenvalue weighted by molar-refractivity contribution is -0.122. The first-order chi connectivity index (χ1) is 13.0. The van der Waals surface area contributed by atoms with Crippen LogP contribution in [0.5, 0.6) is 0 Å². The fourth-order valence-electron chi connectivity index (χ4n) is 3.32. The van der Waals surface area contributed by atoms with Crippen LogP contribution in [0.15, 0.2) is 56.4 Å². The lowest BCUT2D eigenvalue weighted by Gasteiger charge is -2.33. The van der Waals surface area contributed by atoms with Gasteiger partial charge in [0.25, 0.3) is 0 Å². The highest BCUT2D eigenvalue weighted by atomic mass is 79.9. The van der Waals surface area contributed by atoms with Crippen LogP contribution in [0.4, 0.5) is 0 Å². The van der Waals surface area contributed by atoms with Gasteiger partial charge in [0, 0.05) is 10.5 Å². The number of halogens is 1. The number of carbonyl (C=O) groups excluding carboxylic acids is 1. The molecule has 1 N–H and O–H groups in total. The second-order valence-corrected chi connectivity index (χ2v) is 9.46. The van der Waals surface area contributed by atoms with Crippen LogP contribution in [0.1, 0.15) is 37.9 Å². The van der Waals surface area contributed by atoms with Crippen molar-refractivity contribution in [1.29, 1.82) is 0 Å². The zero-order valence-electron chi connectivity index (χ0n) is 14.9. The molecule has 0 atom stereocenters. The largest absolute Gasteiger partial charge is 0.467 e. The predicted molar refractivity (Wildman–Crippen MR) is 105 cm³/mol. The lowest BCUT2D eigenvalue weighted by atomic mass is 9.95. The fraction of sp³-hybridized carbons (Fsp3) is 0.421. The Morgan fingerprint density at radius 3 is 2.48 bits per heavy atom. The highest BCUT2D eigenvalue weighted by Gasteiger charge is 2.33. The molecule has 1 amide bonds. The second kappa shape index (κ2) is 9.03. The summed E-state index contributed by atoms with van der Waals surface area (Å²) in [4.78, 5) is 12.7. The normalized spacial score (nSPS) is 15.8. The van der Waals surface area contributed by atoms with Crippen molar-refractivity contribution in [2.45, 2.75) is 49.6 Å². The van der Waals surface area contributed by atoms with Gasteiger partial charge in [-0.25, -0.2) is 8.42 Å². The Hall–Kier alpha value is -1.64. The van der Waals surface area contributed by atoms with Gasteiger partial charge in [0.2, 0.25) is 15.9 Å². The minimum absolute atomic E-state index is 0.151. The first-order valence-corrected chi connectivity index (χ1v) is 11.3. The first kappa shape index (κ1) is 20.1. The smallest absolute Gasteiger partial charge is 0.243 e. The quantitative estimate of drug-likeness (QED) is 0.691. The molecule has 1 fully saturated rings. The molecule has 0 aliphatic heterocycles. The van der Waals surface area contributed by atoms with Crippen molar-refractivity contribution in [3.05, 3.63) is 52.9 Å². The maximum atomic E-state index is 13.2. The molecule has 3 rings (SSSR count). The van der Waals surface area contributed by atoms with E-state index in [2.05, 4.69) is 21.2 Å². The Balaban J connectivity index is 1.77. The minimum Gasteiger partial charge on any atom is -0.467 e. The van der Waals surface area contributed by atoms with Crippen LogP contribution in [0, 0.1) is 0 Å². The maximum Gasteiger partial charge on any atom is 0.243 e. The van der Waals surface area contributed by atoms with Gasteiger partial charge >= 0.3 is 0 Å². The monoisotopic (exact) mass is 454 g/mol. The number of furan rings is 1. The van der Waals surface area contributed by atoms with Crippen LogP contribution in [-0.2, 0) is 21.4 Å². The molecule has 6 nitrogen and oxygen atoms in total. The summed E-state index contributed by atoms with van der Waals surface area (Å²) in [6, 6.07) is 9.88. The third kappa shape index (κ3) is 5.21. The zero-order chi connectivity index (χ0) is 19.3. The Morgan fingerprint density at radius 2 is 1.85 bits per heavy atom. The van der Waals surface area contributed by atoms with Crippen molar-refractivity contribution >= 4 is 31.9 Å². The molecule has 27 heavy (non-hydrogen) atoms. The van der Waals surface area contributed by atoms with Crippen molar-refractivity contribution in [3.63, 3.8) is 0 Å². The molecule has 1 aliphatic carbocycles. The summed E-state index contributed by atoms with van der Waals surface area (Å²) in [7, 11) is -3.76. The number of sulfonamides is 1. The van der Waals surface area contributed by atoms with E-state index in [0.29, 0.717) is 5.76 Å². The number of carbonyl (C=O) groups is 1. The van der Waals surface area contributed by atoms with Gasteiger partial charge in [0.05, 0.1) is 24.2 Å². The Kier molecular flexibility index (Phi) is 6.73. The van der Waals surface area contributed by atoms with E-state index in [1.165, 1.54) is 10.6 Å². The molecule has 1 saturated carbocycles. The molecule has 0 unspecified atom stereocenters. The average molecular weight is 455 g/mol. The standard InChI is InChI=1S/C19H23BrN2O4S/c20-15-8-10-18(11-9-15)27(24,25)22(16-5-2-1-3-6-16)14-19(23)21-13-17-7-4-12-26-17/h4,7-12,16H,1-3,5-6,13-14H2,(H,21,23). The fourth-order valence-corrected chi connectivity index (χ4v) is 5.22. The van der Waals surface area contributed by atoms with E-state index in [1.54, 1.807) is 36.4 Å². The molecule has 1 aromatic carbocycles. The van der Waals surface area contributed by atoms with E-state index in [1.807, 2.05) is 0 Å². The van der Waals surface area contributed by atoms with Gasteiger partial charge in [-0.2, -0.15) is 4.31 Å². The summed E-state index contributed by atoms with van der Waals surface area (Å²) in [5.74, 6) is 0.293. The van der Waals surface area contributed by atoms with Crippen molar-refractivity contribution in [2.24, 2.45) is 0 Å². The zero-order valence-corrected chi connectivity index (χ0v) is 17.3. The van der Waals surface area contributed by atoms with Gasteiger partial charge in [0.15, 0.2) is 0 Å². The van der Waals surface area contributed by atoms with Crippen LogP contribution >= 0.6 is 15.9 Å². The molecule has 1 heterocycles. The summed E-state index contributed by atoms with van der Waals surface area (Å²) in [5, 5.41) is 2.74. The van der Waals surface area contributed by atoms with E-state index in [4.69, 9.17) is 4.42 Å². The molecule has 0 bridgehead atoms. The summed E-state index contributed by atoms with van der Waals surface area (Å²) in [6.45, 7) is 0.0481.